The maximum Gasteiger partial charge on any atom is 0.0974 e. The molecular weight excluding hydrogens is 434 g/mol. The van der Waals surface area contributed by atoms with Crippen LogP contribution in [0.3, 0.4) is 0 Å². The van der Waals surface area contributed by atoms with Gasteiger partial charge in [0.25, 0.3) is 0 Å². The molecule has 2 aromatic rings. The minimum Gasteiger partial charge on any atom is -0.382 e. The van der Waals surface area contributed by atoms with E-state index in [1.54, 1.807) is 7.11 Å². The quantitative estimate of drug-likeness (QED) is 0.466. The summed E-state index contributed by atoms with van der Waals surface area (Å²) in [6.45, 7) is 3.89. The van der Waals surface area contributed by atoms with Gasteiger partial charge in [0.05, 0.1) is 30.5 Å². The molecule has 1 saturated heterocycles. The van der Waals surface area contributed by atoms with Gasteiger partial charge in [-0.1, -0.05) is 31.2 Å². The normalized spacial score (nSPS) is 39.5. The summed E-state index contributed by atoms with van der Waals surface area (Å²) in [6, 6.07) is 9.17. The first-order chi connectivity index (χ1) is 17.1. The van der Waals surface area contributed by atoms with Gasteiger partial charge in [0.2, 0.25) is 0 Å². The number of rotatable bonds is 5. The monoisotopic (exact) mass is 471 g/mol. The van der Waals surface area contributed by atoms with Gasteiger partial charge in [0, 0.05) is 31.3 Å². The summed E-state index contributed by atoms with van der Waals surface area (Å²) in [4.78, 5) is 4.38. The van der Waals surface area contributed by atoms with Crippen LogP contribution in [-0.2, 0) is 14.2 Å². The maximum atomic E-state index is 7.39. The van der Waals surface area contributed by atoms with Crippen LogP contribution >= 0.6 is 0 Å². The number of fused-ring (bicyclic) bond motifs is 2. The highest BCUT2D eigenvalue weighted by atomic mass is 16.5. The number of nitrogens with zero attached hydrogens (tertiary/aromatic N) is 1. The SMILES string of the molecule is COCCO[C@@H]1CCC2=CC3=CCC4(C)C(c5ccc6ccncc6c5)CCC4[C@@]34CC[C@]2(C1)O4. The largest absolute Gasteiger partial charge is 0.382 e. The molecule has 6 atom stereocenters. The Morgan fingerprint density at radius 2 is 2.03 bits per heavy atom. The molecule has 184 valence electrons. The molecule has 5 aliphatic rings. The number of pyridine rings is 1. The Hall–Kier alpha value is -2.01. The number of ether oxygens (including phenoxy) is 3. The summed E-state index contributed by atoms with van der Waals surface area (Å²) in [5.41, 5.74) is 4.50. The fourth-order valence-electron chi connectivity index (χ4n) is 8.67. The molecule has 0 radical (unpaired) electrons. The highest BCUT2D eigenvalue weighted by molar-refractivity contribution is 5.82. The van der Waals surface area contributed by atoms with Gasteiger partial charge in [0.15, 0.2) is 0 Å². The molecule has 1 aromatic carbocycles. The molecule has 4 heteroatoms. The van der Waals surface area contributed by atoms with E-state index in [1.807, 2.05) is 12.4 Å². The lowest BCUT2D eigenvalue weighted by molar-refractivity contribution is -0.150. The molecule has 35 heavy (non-hydrogen) atoms. The Morgan fingerprint density at radius 3 is 2.94 bits per heavy atom. The number of hydrogen-bond acceptors (Lipinski definition) is 4. The van der Waals surface area contributed by atoms with E-state index < -0.39 is 0 Å². The first-order valence-corrected chi connectivity index (χ1v) is 13.6. The predicted octanol–water partition coefficient (Wildman–Crippen LogP) is 6.51. The van der Waals surface area contributed by atoms with E-state index in [1.165, 1.54) is 40.3 Å². The molecule has 3 unspecified atom stereocenters. The molecule has 0 amide bonds. The van der Waals surface area contributed by atoms with Crippen molar-refractivity contribution in [1.82, 2.24) is 4.98 Å². The van der Waals surface area contributed by atoms with Gasteiger partial charge in [-0.25, -0.2) is 0 Å². The summed E-state index contributed by atoms with van der Waals surface area (Å²) >= 11 is 0. The van der Waals surface area contributed by atoms with Crippen LogP contribution in [0.15, 0.2) is 60.0 Å². The van der Waals surface area contributed by atoms with Crippen LogP contribution in [0.5, 0.6) is 0 Å². The molecule has 4 nitrogen and oxygen atoms in total. The van der Waals surface area contributed by atoms with Crippen LogP contribution < -0.4 is 0 Å². The second-order valence-electron chi connectivity index (χ2n) is 11.9. The smallest absolute Gasteiger partial charge is 0.0974 e. The predicted molar refractivity (Wildman–Crippen MR) is 137 cm³/mol. The minimum absolute atomic E-state index is 0.113. The third-order valence-electron chi connectivity index (χ3n) is 10.3. The van der Waals surface area contributed by atoms with Crippen molar-refractivity contribution in [3.8, 4) is 0 Å². The van der Waals surface area contributed by atoms with Crippen LogP contribution in [0.1, 0.15) is 69.8 Å². The van der Waals surface area contributed by atoms with Crippen LogP contribution in [0.4, 0.5) is 0 Å². The van der Waals surface area contributed by atoms with Crippen molar-refractivity contribution in [2.75, 3.05) is 20.3 Å². The molecule has 0 N–H and O–H groups in total. The number of aromatic nitrogens is 1. The van der Waals surface area contributed by atoms with E-state index >= 15 is 0 Å². The third-order valence-corrected chi connectivity index (χ3v) is 10.3. The van der Waals surface area contributed by atoms with E-state index in [4.69, 9.17) is 14.2 Å². The average molecular weight is 472 g/mol. The van der Waals surface area contributed by atoms with Crippen LogP contribution in [0.2, 0.25) is 0 Å². The Bertz CT molecular complexity index is 1220. The van der Waals surface area contributed by atoms with Gasteiger partial charge in [-0.05, 0) is 96.4 Å². The van der Waals surface area contributed by atoms with Crippen LogP contribution in [0.25, 0.3) is 10.8 Å². The zero-order valence-electron chi connectivity index (χ0n) is 21.1. The molecule has 7 rings (SSSR count). The Labute approximate surface area is 208 Å². The molecule has 2 bridgehead atoms. The fourth-order valence-corrected chi connectivity index (χ4v) is 8.67. The molecule has 3 aliphatic carbocycles. The molecule has 2 saturated carbocycles. The van der Waals surface area contributed by atoms with Gasteiger partial charge in [-0.2, -0.15) is 0 Å². The number of methoxy groups -OCH3 is 1. The second-order valence-corrected chi connectivity index (χ2v) is 11.9. The zero-order valence-corrected chi connectivity index (χ0v) is 21.1. The first-order valence-electron chi connectivity index (χ1n) is 13.6. The Balaban J connectivity index is 1.21. The zero-order chi connectivity index (χ0) is 23.7. The van der Waals surface area contributed by atoms with Crippen molar-refractivity contribution in [3.05, 3.63) is 65.5 Å². The molecule has 1 aromatic heterocycles. The standard InChI is InChI=1S/C31H37NO3/c1-29-11-9-25-18-24-5-6-26(34-16-15-33-2)19-30(24)12-13-31(25,35-30)28(29)8-7-27(29)22-4-3-21-10-14-32-20-23(21)17-22/h3-4,9-10,14,17-18,20,26-28H,5-8,11-13,15-16,19H2,1-2H3/t26-,27?,28?,29?,30-,31-/m1/s1. The Kier molecular flexibility index (Phi) is 5.07. The number of benzene rings is 1. The summed E-state index contributed by atoms with van der Waals surface area (Å²) in [5.74, 6) is 1.13. The highest BCUT2D eigenvalue weighted by Crippen LogP contribution is 2.69. The average Bonchev–Trinajstić information content (AvgIpc) is 3.39. The summed E-state index contributed by atoms with van der Waals surface area (Å²) < 4.78 is 18.8. The van der Waals surface area contributed by atoms with E-state index in [0.717, 1.165) is 38.5 Å². The van der Waals surface area contributed by atoms with E-state index in [0.29, 0.717) is 25.0 Å². The molecular formula is C31H37NO3. The topological polar surface area (TPSA) is 40.6 Å². The lowest BCUT2D eigenvalue weighted by Gasteiger charge is -2.54. The molecule has 3 heterocycles. The Morgan fingerprint density at radius 1 is 1.09 bits per heavy atom. The van der Waals surface area contributed by atoms with Crippen molar-refractivity contribution < 1.29 is 14.2 Å². The molecule has 2 spiro atoms. The van der Waals surface area contributed by atoms with E-state index in [2.05, 4.69) is 48.3 Å². The number of allylic oxidation sites excluding steroid dienone is 1. The van der Waals surface area contributed by atoms with Crippen molar-refractivity contribution in [3.63, 3.8) is 0 Å². The first kappa shape index (κ1) is 22.2. The number of hydrogen-bond donors (Lipinski definition) is 0. The minimum atomic E-state index is -0.113. The fraction of sp³-hybridized carbons (Fsp3) is 0.581. The van der Waals surface area contributed by atoms with Gasteiger partial charge in [-0.3, -0.25) is 4.98 Å². The van der Waals surface area contributed by atoms with Gasteiger partial charge in [0.1, 0.15) is 0 Å². The molecule has 2 aliphatic heterocycles. The van der Waals surface area contributed by atoms with Gasteiger partial charge < -0.3 is 14.2 Å². The lowest BCUT2D eigenvalue weighted by atomic mass is 9.58. The third kappa shape index (κ3) is 3.19. The summed E-state index contributed by atoms with van der Waals surface area (Å²) in [7, 11) is 1.74. The van der Waals surface area contributed by atoms with Crippen molar-refractivity contribution >= 4 is 10.8 Å². The van der Waals surface area contributed by atoms with Gasteiger partial charge in [-0.15, -0.1) is 0 Å². The van der Waals surface area contributed by atoms with E-state index in [9.17, 15) is 0 Å². The lowest BCUT2D eigenvalue weighted by Crippen LogP contribution is -2.54. The summed E-state index contributed by atoms with van der Waals surface area (Å²) in [6.07, 6.45) is 18.4. The van der Waals surface area contributed by atoms with Gasteiger partial charge >= 0.3 is 0 Å². The highest BCUT2D eigenvalue weighted by Gasteiger charge is 2.66. The van der Waals surface area contributed by atoms with Crippen LogP contribution in [-0.4, -0.2) is 42.6 Å². The van der Waals surface area contributed by atoms with Crippen molar-refractivity contribution in [2.45, 2.75) is 81.5 Å². The van der Waals surface area contributed by atoms with Crippen molar-refractivity contribution in [2.24, 2.45) is 11.3 Å². The summed E-state index contributed by atoms with van der Waals surface area (Å²) in [5, 5.41) is 2.53. The maximum absolute atomic E-state index is 7.39. The molecule has 3 fully saturated rings. The van der Waals surface area contributed by atoms with Crippen molar-refractivity contribution in [1.29, 1.82) is 0 Å². The second kappa shape index (κ2) is 7.99. The van der Waals surface area contributed by atoms with E-state index in [-0.39, 0.29) is 22.7 Å². The van der Waals surface area contributed by atoms with Crippen LogP contribution in [0, 0.1) is 11.3 Å².